The first kappa shape index (κ1) is 15.8. The second-order valence-corrected chi connectivity index (χ2v) is 5.38. The van der Waals surface area contributed by atoms with Gasteiger partial charge < -0.3 is 4.18 Å². The van der Waals surface area contributed by atoms with Crippen LogP contribution in [0.2, 0.25) is 0 Å². The Hall–Kier alpha value is -2.63. The van der Waals surface area contributed by atoms with Gasteiger partial charge in [0.2, 0.25) is 0 Å². The number of hydrogen-bond acceptors (Lipinski definition) is 6. The van der Waals surface area contributed by atoms with E-state index in [1.807, 2.05) is 0 Å². The molecule has 0 N–H and O–H groups in total. The van der Waals surface area contributed by atoms with E-state index in [1.165, 1.54) is 18.5 Å². The Balaban J connectivity index is 2.49. The van der Waals surface area contributed by atoms with Gasteiger partial charge in [-0.1, -0.05) is 0 Å². The molecule has 0 atom stereocenters. The fourth-order valence-corrected chi connectivity index (χ4v) is 1.93. The zero-order chi connectivity index (χ0) is 16.5. The first-order chi connectivity index (χ1) is 10.1. The van der Waals surface area contributed by atoms with E-state index in [-0.39, 0.29) is 5.69 Å². The summed E-state index contributed by atoms with van der Waals surface area (Å²) in [5.74, 6) is -0.728. The molecule has 0 aliphatic heterocycles. The number of hydrogen-bond donors (Lipinski definition) is 0. The zero-order valence-electron chi connectivity index (χ0n) is 10.4. The molecule has 2 aromatic rings. The lowest BCUT2D eigenvalue weighted by Gasteiger charge is -2.10. The van der Waals surface area contributed by atoms with Crippen LogP contribution in [0.3, 0.4) is 0 Å². The SMILES string of the molecule is O=[N+]([O-])c1ccc(OS(=O)(=O)C(F)(F)F)cc1-n1cccn1. The average molecular weight is 337 g/mol. The van der Waals surface area contributed by atoms with Crippen LogP contribution in [-0.2, 0) is 10.1 Å². The maximum absolute atomic E-state index is 12.3. The predicted molar refractivity (Wildman–Crippen MR) is 65.8 cm³/mol. The summed E-state index contributed by atoms with van der Waals surface area (Å²) in [6.07, 6.45) is 2.58. The van der Waals surface area contributed by atoms with Gasteiger partial charge in [-0.15, -0.1) is 0 Å². The molecule has 118 valence electrons. The van der Waals surface area contributed by atoms with Gasteiger partial charge in [-0.05, 0) is 12.1 Å². The zero-order valence-corrected chi connectivity index (χ0v) is 11.2. The molecule has 12 heteroatoms. The van der Waals surface area contributed by atoms with Crippen LogP contribution >= 0.6 is 0 Å². The van der Waals surface area contributed by atoms with Crippen molar-refractivity contribution < 1.29 is 30.7 Å². The van der Waals surface area contributed by atoms with Crippen LogP contribution in [0.15, 0.2) is 36.7 Å². The molecule has 0 saturated heterocycles. The van der Waals surface area contributed by atoms with Gasteiger partial charge in [0.05, 0.1) is 4.92 Å². The number of nitrogens with zero attached hydrogens (tertiary/aromatic N) is 3. The number of aromatic nitrogens is 2. The minimum absolute atomic E-state index is 0.245. The van der Waals surface area contributed by atoms with Crippen molar-refractivity contribution in [1.29, 1.82) is 0 Å². The molecule has 22 heavy (non-hydrogen) atoms. The number of halogens is 3. The van der Waals surface area contributed by atoms with Crippen LogP contribution in [0.4, 0.5) is 18.9 Å². The maximum atomic E-state index is 12.3. The number of nitro groups is 1. The molecule has 0 aliphatic carbocycles. The number of alkyl halides is 3. The molecule has 8 nitrogen and oxygen atoms in total. The normalized spacial score (nSPS) is 12.1. The van der Waals surface area contributed by atoms with Crippen molar-refractivity contribution in [3.63, 3.8) is 0 Å². The van der Waals surface area contributed by atoms with Gasteiger partial charge >= 0.3 is 15.6 Å². The quantitative estimate of drug-likeness (QED) is 0.366. The van der Waals surface area contributed by atoms with Crippen LogP contribution in [0.1, 0.15) is 0 Å². The van der Waals surface area contributed by atoms with Crippen molar-refractivity contribution in [2.24, 2.45) is 0 Å². The molecule has 0 saturated carbocycles. The molecule has 1 aromatic heterocycles. The molecule has 2 rings (SSSR count). The summed E-state index contributed by atoms with van der Waals surface area (Å²) >= 11 is 0. The van der Waals surface area contributed by atoms with Crippen LogP contribution in [0.5, 0.6) is 5.75 Å². The second kappa shape index (κ2) is 5.29. The Morgan fingerprint density at radius 1 is 1.32 bits per heavy atom. The van der Waals surface area contributed by atoms with E-state index in [1.54, 1.807) is 0 Å². The highest BCUT2D eigenvalue weighted by molar-refractivity contribution is 7.88. The Labute approximate surface area is 121 Å². The lowest BCUT2D eigenvalue weighted by molar-refractivity contribution is -0.384. The molecule has 1 heterocycles. The molecule has 0 aliphatic rings. The monoisotopic (exact) mass is 337 g/mol. The highest BCUT2D eigenvalue weighted by Gasteiger charge is 2.48. The van der Waals surface area contributed by atoms with Gasteiger partial charge in [0.15, 0.2) is 0 Å². The third-order valence-corrected chi connectivity index (χ3v) is 3.36. The van der Waals surface area contributed by atoms with Crippen molar-refractivity contribution in [1.82, 2.24) is 9.78 Å². The molecule has 1 aromatic carbocycles. The van der Waals surface area contributed by atoms with Crippen molar-refractivity contribution in [2.45, 2.75) is 5.51 Å². The summed E-state index contributed by atoms with van der Waals surface area (Å²) in [4.78, 5) is 10.1. The Kier molecular flexibility index (Phi) is 3.79. The molecule has 0 radical (unpaired) electrons. The summed E-state index contributed by atoms with van der Waals surface area (Å²) in [5.41, 5.74) is -6.34. The van der Waals surface area contributed by atoms with E-state index in [4.69, 9.17) is 0 Å². The van der Waals surface area contributed by atoms with E-state index < -0.39 is 32.0 Å². The van der Waals surface area contributed by atoms with Gasteiger partial charge in [-0.25, -0.2) is 4.68 Å². The number of rotatable bonds is 4. The van der Waals surface area contributed by atoms with Gasteiger partial charge in [0, 0.05) is 24.5 Å². The fourth-order valence-electron chi connectivity index (χ4n) is 1.48. The smallest absolute Gasteiger partial charge is 0.376 e. The first-order valence-corrected chi connectivity index (χ1v) is 6.82. The first-order valence-electron chi connectivity index (χ1n) is 5.41. The van der Waals surface area contributed by atoms with Gasteiger partial charge in [-0.3, -0.25) is 10.1 Å². The molecule has 0 amide bonds. The predicted octanol–water partition coefficient (Wildman–Crippen LogP) is 2.01. The fraction of sp³-hybridized carbons (Fsp3) is 0.100. The summed E-state index contributed by atoms with van der Waals surface area (Å²) in [7, 11) is -5.87. The van der Waals surface area contributed by atoms with Crippen molar-refractivity contribution >= 4 is 15.8 Å². The third kappa shape index (κ3) is 3.00. The summed E-state index contributed by atoms with van der Waals surface area (Å²) < 4.78 is 63.6. The number of nitro benzene ring substituents is 1. The molecule has 0 bridgehead atoms. The summed E-state index contributed by atoms with van der Waals surface area (Å²) in [5, 5.41) is 14.6. The summed E-state index contributed by atoms with van der Waals surface area (Å²) in [6.45, 7) is 0. The van der Waals surface area contributed by atoms with Crippen molar-refractivity contribution in [3.05, 3.63) is 46.8 Å². The van der Waals surface area contributed by atoms with Gasteiger partial charge in [0.1, 0.15) is 11.4 Å². The van der Waals surface area contributed by atoms with Crippen LogP contribution in [-0.4, -0.2) is 28.6 Å². The highest BCUT2D eigenvalue weighted by Crippen LogP contribution is 2.31. The molecule has 0 fully saturated rings. The third-order valence-electron chi connectivity index (χ3n) is 2.38. The van der Waals surface area contributed by atoms with Crippen molar-refractivity contribution in [2.75, 3.05) is 0 Å². The van der Waals surface area contributed by atoms with Crippen molar-refractivity contribution in [3.8, 4) is 11.4 Å². The van der Waals surface area contributed by atoms with E-state index in [9.17, 15) is 31.7 Å². The lowest BCUT2D eigenvalue weighted by Crippen LogP contribution is -2.28. The van der Waals surface area contributed by atoms with Crippen LogP contribution in [0, 0.1) is 10.1 Å². The van der Waals surface area contributed by atoms with Gasteiger partial charge in [-0.2, -0.15) is 26.7 Å². The highest BCUT2D eigenvalue weighted by atomic mass is 32.2. The molecular weight excluding hydrogens is 331 g/mol. The minimum Gasteiger partial charge on any atom is -0.376 e. The Bertz CT molecular complexity index is 802. The van der Waals surface area contributed by atoms with E-state index >= 15 is 0 Å². The summed E-state index contributed by atoms with van der Waals surface area (Å²) in [6, 6.07) is 3.75. The lowest BCUT2D eigenvalue weighted by atomic mass is 10.2. The van der Waals surface area contributed by atoms with E-state index in [0.717, 1.165) is 22.9 Å². The largest absolute Gasteiger partial charge is 0.534 e. The van der Waals surface area contributed by atoms with Gasteiger partial charge in [0.25, 0.3) is 5.69 Å². The van der Waals surface area contributed by atoms with E-state index in [0.29, 0.717) is 0 Å². The maximum Gasteiger partial charge on any atom is 0.534 e. The molecule has 0 spiro atoms. The minimum atomic E-state index is -5.87. The average Bonchev–Trinajstić information content (AvgIpc) is 2.90. The number of benzene rings is 1. The topological polar surface area (TPSA) is 104 Å². The standard InChI is InChI=1S/C10H6F3N3O5S/c11-10(12,13)22(19,20)21-7-2-3-8(16(17)18)9(6-7)15-5-1-4-14-15/h1-6H. The molecular formula is C10H6F3N3O5S. The van der Waals surface area contributed by atoms with E-state index in [2.05, 4.69) is 9.28 Å². The Morgan fingerprint density at radius 3 is 2.50 bits per heavy atom. The van der Waals surface area contributed by atoms with Crippen LogP contribution < -0.4 is 4.18 Å². The Morgan fingerprint density at radius 2 is 2.00 bits per heavy atom. The molecule has 0 unspecified atom stereocenters. The van der Waals surface area contributed by atoms with Crippen LogP contribution in [0.25, 0.3) is 5.69 Å². The second-order valence-electron chi connectivity index (χ2n) is 3.84.